The van der Waals surface area contributed by atoms with Crippen LogP contribution < -0.4 is 0 Å². The highest BCUT2D eigenvalue weighted by atomic mass is 32.2. The summed E-state index contributed by atoms with van der Waals surface area (Å²) >= 11 is 1.30. The molecule has 0 aromatic heterocycles. The summed E-state index contributed by atoms with van der Waals surface area (Å²) in [6.45, 7) is 1.58. The zero-order valence-corrected chi connectivity index (χ0v) is 12.0. The van der Waals surface area contributed by atoms with Crippen LogP contribution in [-0.2, 0) is 5.75 Å². The van der Waals surface area contributed by atoms with Crippen LogP contribution in [0.5, 0.6) is 0 Å². The van der Waals surface area contributed by atoms with E-state index in [4.69, 9.17) is 0 Å². The maximum absolute atomic E-state index is 11.1. The fraction of sp³-hybridized carbons (Fsp3) is 0.143. The van der Waals surface area contributed by atoms with Crippen LogP contribution in [0.15, 0.2) is 47.4 Å². The van der Waals surface area contributed by atoms with Gasteiger partial charge in [0.15, 0.2) is 0 Å². The van der Waals surface area contributed by atoms with Crippen molar-refractivity contribution in [3.05, 3.63) is 73.8 Å². The fourth-order valence-corrected chi connectivity index (χ4v) is 2.91. The van der Waals surface area contributed by atoms with Gasteiger partial charge in [0.2, 0.25) is 0 Å². The Hall–Kier alpha value is -2.41. The molecule has 0 bridgehead atoms. The molecule has 0 aliphatic rings. The number of nitrogens with zero attached hydrogens (tertiary/aromatic N) is 2. The van der Waals surface area contributed by atoms with Crippen molar-refractivity contribution < 1.29 is 9.85 Å². The number of aryl methyl sites for hydroxylation is 1. The molecule has 0 amide bonds. The van der Waals surface area contributed by atoms with E-state index in [1.807, 2.05) is 30.3 Å². The van der Waals surface area contributed by atoms with Crippen LogP contribution >= 0.6 is 11.8 Å². The largest absolute Gasteiger partial charge is 0.289 e. The monoisotopic (exact) mass is 304 g/mol. The number of nitro groups is 2. The zero-order chi connectivity index (χ0) is 15.4. The number of thioether (sulfide) groups is 1. The van der Waals surface area contributed by atoms with Gasteiger partial charge in [-0.15, -0.1) is 11.8 Å². The summed E-state index contributed by atoms with van der Waals surface area (Å²) in [6, 6.07) is 12.1. The summed E-state index contributed by atoms with van der Waals surface area (Å²) in [5.41, 5.74) is 0.993. The van der Waals surface area contributed by atoms with E-state index >= 15 is 0 Å². The lowest BCUT2D eigenvalue weighted by atomic mass is 10.2. The number of rotatable bonds is 5. The zero-order valence-electron chi connectivity index (χ0n) is 11.2. The van der Waals surface area contributed by atoms with Crippen molar-refractivity contribution in [2.45, 2.75) is 17.6 Å². The molecule has 0 N–H and O–H groups in total. The first-order chi connectivity index (χ1) is 9.99. The van der Waals surface area contributed by atoms with E-state index in [1.165, 1.54) is 17.8 Å². The lowest BCUT2D eigenvalue weighted by Crippen LogP contribution is -1.97. The minimum absolute atomic E-state index is 0.228. The summed E-state index contributed by atoms with van der Waals surface area (Å²) in [7, 11) is 0. The molecule has 0 atom stereocenters. The molecule has 108 valence electrons. The average molecular weight is 304 g/mol. The first-order valence-corrected chi connectivity index (χ1v) is 7.07. The third-order valence-corrected chi connectivity index (χ3v) is 4.02. The molecule has 21 heavy (non-hydrogen) atoms. The Morgan fingerprint density at radius 3 is 2.19 bits per heavy atom. The second-order valence-corrected chi connectivity index (χ2v) is 5.41. The molecule has 2 aromatic carbocycles. The topological polar surface area (TPSA) is 86.3 Å². The quantitative estimate of drug-likeness (QED) is 0.471. The summed E-state index contributed by atoms with van der Waals surface area (Å²) in [6.07, 6.45) is 0. The first kappa shape index (κ1) is 15.0. The molecule has 0 unspecified atom stereocenters. The Morgan fingerprint density at radius 2 is 1.62 bits per heavy atom. The van der Waals surface area contributed by atoms with Crippen molar-refractivity contribution in [3.63, 3.8) is 0 Å². The first-order valence-electron chi connectivity index (χ1n) is 6.09. The van der Waals surface area contributed by atoms with Crippen LogP contribution in [0, 0.1) is 27.2 Å². The van der Waals surface area contributed by atoms with Gasteiger partial charge < -0.3 is 0 Å². The molecule has 0 saturated carbocycles. The van der Waals surface area contributed by atoms with E-state index in [9.17, 15) is 20.2 Å². The molecule has 0 aliphatic carbocycles. The molecule has 2 aromatic rings. The molecule has 6 nitrogen and oxygen atoms in total. The van der Waals surface area contributed by atoms with Crippen molar-refractivity contribution >= 4 is 23.1 Å². The van der Waals surface area contributed by atoms with Crippen molar-refractivity contribution in [3.8, 4) is 0 Å². The summed E-state index contributed by atoms with van der Waals surface area (Å²) < 4.78 is 0. The predicted molar refractivity (Wildman–Crippen MR) is 80.5 cm³/mol. The Bertz CT molecular complexity index is 689. The van der Waals surface area contributed by atoms with E-state index in [0.717, 1.165) is 11.6 Å². The second kappa shape index (κ2) is 6.36. The third kappa shape index (κ3) is 3.57. The molecule has 0 heterocycles. The van der Waals surface area contributed by atoms with Crippen LogP contribution in [0.1, 0.15) is 11.1 Å². The Labute approximate surface area is 125 Å². The van der Waals surface area contributed by atoms with Gasteiger partial charge in [-0.2, -0.15) is 0 Å². The number of benzene rings is 2. The molecular formula is C14H12N2O4S. The Balaban J connectivity index is 2.32. The molecule has 0 aliphatic heterocycles. The highest BCUT2D eigenvalue weighted by molar-refractivity contribution is 7.98. The predicted octanol–water partition coefficient (Wildman–Crippen LogP) is 4.10. The van der Waals surface area contributed by atoms with Gasteiger partial charge >= 0.3 is 0 Å². The minimum atomic E-state index is -0.603. The second-order valence-electron chi connectivity index (χ2n) is 4.39. The SMILES string of the molecule is Cc1cc(SCc2ccccc2)c([N+](=O)[O-])cc1[N+](=O)[O-]. The standard InChI is InChI=1S/C14H12N2O4S/c1-10-7-14(21-9-11-5-3-2-4-6-11)13(16(19)20)8-12(10)15(17)18/h2-8H,9H2,1H3. The molecule has 0 saturated heterocycles. The van der Waals surface area contributed by atoms with E-state index < -0.39 is 9.85 Å². The van der Waals surface area contributed by atoms with Gasteiger partial charge in [-0.1, -0.05) is 30.3 Å². The molecular weight excluding hydrogens is 292 g/mol. The van der Waals surface area contributed by atoms with Crippen LogP contribution in [0.25, 0.3) is 0 Å². The number of nitro benzene ring substituents is 2. The van der Waals surface area contributed by atoms with Crippen LogP contribution in [0.4, 0.5) is 11.4 Å². The van der Waals surface area contributed by atoms with E-state index in [1.54, 1.807) is 6.92 Å². The van der Waals surface area contributed by atoms with Gasteiger partial charge in [-0.3, -0.25) is 20.2 Å². The lowest BCUT2D eigenvalue weighted by molar-refractivity contribution is -0.396. The van der Waals surface area contributed by atoms with Gasteiger partial charge in [0.05, 0.1) is 20.8 Å². The van der Waals surface area contributed by atoms with E-state index in [2.05, 4.69) is 0 Å². The van der Waals surface area contributed by atoms with Crippen molar-refractivity contribution in [2.24, 2.45) is 0 Å². The minimum Gasteiger partial charge on any atom is -0.258 e. The smallest absolute Gasteiger partial charge is 0.258 e. The van der Waals surface area contributed by atoms with Gasteiger partial charge in [0.1, 0.15) is 0 Å². The van der Waals surface area contributed by atoms with Gasteiger partial charge in [0, 0.05) is 11.3 Å². The van der Waals surface area contributed by atoms with Crippen molar-refractivity contribution in [2.75, 3.05) is 0 Å². The molecule has 0 radical (unpaired) electrons. The molecule has 2 rings (SSSR count). The fourth-order valence-electron chi connectivity index (χ4n) is 1.85. The maximum Gasteiger partial charge on any atom is 0.289 e. The van der Waals surface area contributed by atoms with Crippen molar-refractivity contribution in [1.29, 1.82) is 0 Å². The van der Waals surface area contributed by atoms with Crippen LogP contribution in [-0.4, -0.2) is 9.85 Å². The molecule has 0 spiro atoms. The maximum atomic E-state index is 11.1. The molecule has 0 fully saturated rings. The number of hydrogen-bond donors (Lipinski definition) is 0. The van der Waals surface area contributed by atoms with Gasteiger partial charge in [-0.25, -0.2) is 0 Å². The summed E-state index contributed by atoms with van der Waals surface area (Å²) in [5.74, 6) is 0.568. The Morgan fingerprint density at radius 1 is 1.00 bits per heavy atom. The molecule has 7 heteroatoms. The van der Waals surface area contributed by atoms with Gasteiger partial charge in [0.25, 0.3) is 11.4 Å². The van der Waals surface area contributed by atoms with E-state index in [-0.39, 0.29) is 11.4 Å². The summed E-state index contributed by atoms with van der Waals surface area (Å²) in [4.78, 5) is 21.2. The average Bonchev–Trinajstić information content (AvgIpc) is 2.45. The van der Waals surface area contributed by atoms with Crippen LogP contribution in [0.2, 0.25) is 0 Å². The summed E-state index contributed by atoms with van der Waals surface area (Å²) in [5, 5.41) is 22.0. The third-order valence-electron chi connectivity index (χ3n) is 2.91. The van der Waals surface area contributed by atoms with Gasteiger partial charge in [-0.05, 0) is 18.6 Å². The highest BCUT2D eigenvalue weighted by Crippen LogP contribution is 2.36. The normalized spacial score (nSPS) is 10.3. The lowest BCUT2D eigenvalue weighted by Gasteiger charge is -2.05. The van der Waals surface area contributed by atoms with E-state index in [0.29, 0.717) is 16.2 Å². The van der Waals surface area contributed by atoms with Crippen molar-refractivity contribution in [1.82, 2.24) is 0 Å². The highest BCUT2D eigenvalue weighted by Gasteiger charge is 2.22. The van der Waals surface area contributed by atoms with Crippen LogP contribution in [0.3, 0.4) is 0 Å². The number of hydrogen-bond acceptors (Lipinski definition) is 5. The Kier molecular flexibility index (Phi) is 4.54.